The fourth-order valence-electron chi connectivity index (χ4n) is 4.98. The van der Waals surface area contributed by atoms with E-state index in [-0.39, 0.29) is 24.0 Å². The molecule has 0 saturated carbocycles. The maximum absolute atomic E-state index is 13.5. The van der Waals surface area contributed by atoms with Gasteiger partial charge in [-0.05, 0) is 78.6 Å². The molecule has 1 N–H and O–H groups in total. The summed E-state index contributed by atoms with van der Waals surface area (Å²) >= 11 is 0. The summed E-state index contributed by atoms with van der Waals surface area (Å²) < 4.78 is 5.50. The van der Waals surface area contributed by atoms with Gasteiger partial charge in [-0.25, -0.2) is 4.79 Å². The number of hydrogen-bond acceptors (Lipinski definition) is 6. The van der Waals surface area contributed by atoms with Gasteiger partial charge in [-0.1, -0.05) is 18.7 Å². The molecule has 0 spiro atoms. The number of alkyl carbamates (subject to hydrolysis) is 1. The van der Waals surface area contributed by atoms with Crippen molar-refractivity contribution in [3.05, 3.63) is 42.1 Å². The molecule has 2 heterocycles. The van der Waals surface area contributed by atoms with Crippen LogP contribution in [0.25, 0.3) is 0 Å². The zero-order chi connectivity index (χ0) is 25.9. The standard InChI is InChI=1S/C27H39N5O3/c1-18-10-8-11-21(14-18)32-19(2)15-24(25(32)33)30(7)17-23(29-26(34)35-27(4,5)6)20(3)31-13-9-12-22(31)16-28/h8,10-11,14,19,22-24H,3,9,12-13,15,17H2,1-2,4-7H3,(H,29,34)/t19-,22?,23?,24?/m1/s1. The molecule has 0 bridgehead atoms. The van der Waals surface area contributed by atoms with E-state index in [4.69, 9.17) is 4.74 Å². The van der Waals surface area contributed by atoms with Gasteiger partial charge in [-0.2, -0.15) is 5.26 Å². The molecule has 3 rings (SSSR count). The lowest BCUT2D eigenvalue weighted by molar-refractivity contribution is -0.121. The molecule has 8 heteroatoms. The number of amides is 2. The van der Waals surface area contributed by atoms with Crippen LogP contribution in [0.5, 0.6) is 0 Å². The van der Waals surface area contributed by atoms with Crippen LogP contribution in [0.3, 0.4) is 0 Å². The van der Waals surface area contributed by atoms with Crippen molar-refractivity contribution in [2.45, 2.75) is 83.6 Å². The van der Waals surface area contributed by atoms with Crippen molar-refractivity contribution in [3.8, 4) is 6.07 Å². The van der Waals surface area contributed by atoms with Gasteiger partial charge in [0.15, 0.2) is 0 Å². The quantitative estimate of drug-likeness (QED) is 0.637. The number of carbonyl (C=O) groups excluding carboxylic acids is 2. The maximum atomic E-state index is 13.5. The van der Waals surface area contributed by atoms with E-state index in [1.165, 1.54) is 0 Å². The Bertz CT molecular complexity index is 995. The Labute approximate surface area is 209 Å². The second kappa shape index (κ2) is 10.7. The number of aryl methyl sites for hydroxylation is 1. The molecule has 1 aromatic carbocycles. The highest BCUT2D eigenvalue weighted by molar-refractivity contribution is 6.00. The van der Waals surface area contributed by atoms with Crippen LogP contribution in [0.2, 0.25) is 0 Å². The highest BCUT2D eigenvalue weighted by Gasteiger charge is 2.41. The van der Waals surface area contributed by atoms with Crippen molar-refractivity contribution in [1.82, 2.24) is 15.1 Å². The predicted octanol–water partition coefficient (Wildman–Crippen LogP) is 3.82. The highest BCUT2D eigenvalue weighted by atomic mass is 16.6. The summed E-state index contributed by atoms with van der Waals surface area (Å²) in [6.07, 6.45) is 1.81. The van der Waals surface area contributed by atoms with E-state index in [0.717, 1.165) is 24.1 Å². The van der Waals surface area contributed by atoms with Crippen molar-refractivity contribution < 1.29 is 14.3 Å². The number of benzene rings is 1. The summed E-state index contributed by atoms with van der Waals surface area (Å²) in [5.74, 6) is 0.0447. The molecule has 2 saturated heterocycles. The number of likely N-dealkylation sites (N-methyl/N-ethyl adjacent to an activating group) is 1. The normalized spacial score (nSPS) is 23.4. The van der Waals surface area contributed by atoms with E-state index >= 15 is 0 Å². The largest absolute Gasteiger partial charge is 0.444 e. The summed E-state index contributed by atoms with van der Waals surface area (Å²) in [7, 11) is 1.90. The zero-order valence-electron chi connectivity index (χ0n) is 21.9. The first-order chi connectivity index (χ1) is 16.4. The number of rotatable bonds is 7. The molecular weight excluding hydrogens is 442 g/mol. The average Bonchev–Trinajstić information content (AvgIpc) is 3.35. The lowest BCUT2D eigenvalue weighted by atomic mass is 10.1. The fraction of sp³-hybridized carbons (Fsp3) is 0.593. The number of nitriles is 1. The average molecular weight is 482 g/mol. The van der Waals surface area contributed by atoms with Crippen molar-refractivity contribution in [1.29, 1.82) is 5.26 Å². The molecule has 190 valence electrons. The van der Waals surface area contributed by atoms with Crippen LogP contribution in [-0.2, 0) is 9.53 Å². The number of hydrogen-bond donors (Lipinski definition) is 1. The van der Waals surface area contributed by atoms with Crippen molar-refractivity contribution in [3.63, 3.8) is 0 Å². The molecule has 2 aliphatic heterocycles. The number of nitrogens with one attached hydrogen (secondary N) is 1. The van der Waals surface area contributed by atoms with Crippen LogP contribution in [0, 0.1) is 18.3 Å². The second-order valence-electron chi connectivity index (χ2n) is 10.8. The Hall–Kier alpha value is -3.05. The van der Waals surface area contributed by atoms with Gasteiger partial charge in [0.1, 0.15) is 11.6 Å². The minimum absolute atomic E-state index is 0.0447. The fourth-order valence-corrected chi connectivity index (χ4v) is 4.98. The lowest BCUT2D eigenvalue weighted by Crippen LogP contribution is -2.52. The third-order valence-electron chi connectivity index (χ3n) is 6.67. The second-order valence-corrected chi connectivity index (χ2v) is 10.8. The Balaban J connectivity index is 1.78. The molecule has 0 aliphatic carbocycles. The molecule has 35 heavy (non-hydrogen) atoms. The highest BCUT2D eigenvalue weighted by Crippen LogP contribution is 2.30. The SMILES string of the molecule is C=C(C(CN(C)C1C[C@@H](C)N(c2cccc(C)c2)C1=O)NC(=O)OC(C)(C)C)N1CCCC1C#N. The molecule has 2 fully saturated rings. The van der Waals surface area contributed by atoms with Crippen molar-refractivity contribution in [2.24, 2.45) is 0 Å². The molecule has 2 aliphatic rings. The number of ether oxygens (including phenoxy) is 1. The minimum Gasteiger partial charge on any atom is -0.444 e. The Kier molecular flexibility index (Phi) is 8.11. The van der Waals surface area contributed by atoms with Crippen LogP contribution in [0.15, 0.2) is 36.5 Å². The summed E-state index contributed by atoms with van der Waals surface area (Å²) in [5.41, 5.74) is 2.03. The smallest absolute Gasteiger partial charge is 0.408 e. The maximum Gasteiger partial charge on any atom is 0.408 e. The third-order valence-corrected chi connectivity index (χ3v) is 6.67. The van der Waals surface area contributed by atoms with E-state index in [1.54, 1.807) is 0 Å². The van der Waals surface area contributed by atoms with Crippen LogP contribution in [0.4, 0.5) is 10.5 Å². The van der Waals surface area contributed by atoms with Gasteiger partial charge in [0.25, 0.3) is 0 Å². The predicted molar refractivity (Wildman–Crippen MR) is 137 cm³/mol. The first-order valence-corrected chi connectivity index (χ1v) is 12.4. The van der Waals surface area contributed by atoms with Crippen LogP contribution in [-0.4, -0.2) is 71.7 Å². The molecular formula is C27H39N5O3. The monoisotopic (exact) mass is 481 g/mol. The first-order valence-electron chi connectivity index (χ1n) is 12.4. The van der Waals surface area contributed by atoms with E-state index in [0.29, 0.717) is 25.2 Å². The summed E-state index contributed by atoms with van der Waals surface area (Å²) in [6.45, 7) is 14.9. The van der Waals surface area contributed by atoms with Gasteiger partial charge in [-0.3, -0.25) is 9.69 Å². The van der Waals surface area contributed by atoms with E-state index < -0.39 is 17.7 Å². The summed E-state index contributed by atoms with van der Waals surface area (Å²) in [4.78, 5) is 32.0. The molecule has 3 unspecified atom stereocenters. The summed E-state index contributed by atoms with van der Waals surface area (Å²) in [5, 5.41) is 12.5. The van der Waals surface area contributed by atoms with E-state index in [1.807, 2.05) is 73.7 Å². The number of anilines is 1. The minimum atomic E-state index is -0.643. The molecule has 8 nitrogen and oxygen atoms in total. The Morgan fingerprint density at radius 1 is 1.40 bits per heavy atom. The van der Waals surface area contributed by atoms with Gasteiger partial charge in [0.2, 0.25) is 5.91 Å². The molecule has 0 aromatic heterocycles. The number of nitrogens with zero attached hydrogens (tertiary/aromatic N) is 4. The molecule has 4 atom stereocenters. The van der Waals surface area contributed by atoms with E-state index in [2.05, 4.69) is 24.9 Å². The van der Waals surface area contributed by atoms with E-state index in [9.17, 15) is 14.9 Å². The van der Waals surface area contributed by atoms with Crippen LogP contribution < -0.4 is 10.2 Å². The zero-order valence-corrected chi connectivity index (χ0v) is 21.9. The number of likely N-dealkylation sites (tertiary alicyclic amines) is 1. The molecule has 1 aromatic rings. The van der Waals surface area contributed by atoms with Crippen molar-refractivity contribution >= 4 is 17.7 Å². The topological polar surface area (TPSA) is 88.9 Å². The van der Waals surface area contributed by atoms with Crippen LogP contribution >= 0.6 is 0 Å². The lowest BCUT2D eigenvalue weighted by Gasteiger charge is -2.35. The van der Waals surface area contributed by atoms with Gasteiger partial charge >= 0.3 is 6.09 Å². The Morgan fingerprint density at radius 3 is 2.74 bits per heavy atom. The number of carbonyl (C=O) groups is 2. The van der Waals surface area contributed by atoms with Crippen LogP contribution in [0.1, 0.15) is 52.5 Å². The molecule has 0 radical (unpaired) electrons. The van der Waals surface area contributed by atoms with Gasteiger partial charge in [0.05, 0.1) is 18.2 Å². The molecule has 2 amide bonds. The van der Waals surface area contributed by atoms with Gasteiger partial charge in [0, 0.05) is 30.5 Å². The summed E-state index contributed by atoms with van der Waals surface area (Å²) in [6, 6.07) is 9.28. The van der Waals surface area contributed by atoms with Gasteiger partial charge in [-0.15, -0.1) is 0 Å². The first kappa shape index (κ1) is 26.6. The third kappa shape index (κ3) is 6.34. The Morgan fingerprint density at radius 2 is 2.11 bits per heavy atom. The van der Waals surface area contributed by atoms with Crippen molar-refractivity contribution in [2.75, 3.05) is 25.0 Å². The van der Waals surface area contributed by atoms with Gasteiger partial charge < -0.3 is 19.9 Å².